The molecule has 124 valence electrons. The lowest BCUT2D eigenvalue weighted by atomic mass is 10.2. The van der Waals surface area contributed by atoms with Crippen molar-refractivity contribution in [2.75, 3.05) is 12.4 Å². The summed E-state index contributed by atoms with van der Waals surface area (Å²) in [6.07, 6.45) is 1.53. The molecule has 0 radical (unpaired) electrons. The zero-order chi connectivity index (χ0) is 17.6. The molecule has 1 aromatic heterocycles. The molecule has 0 aliphatic heterocycles. The number of rotatable bonds is 5. The molecule has 0 unspecified atom stereocenters. The maximum Gasteiger partial charge on any atom is 0.256 e. The van der Waals surface area contributed by atoms with Gasteiger partial charge in [0.2, 0.25) is 0 Å². The Kier molecular flexibility index (Phi) is 4.77. The van der Waals surface area contributed by atoms with E-state index < -0.39 is 0 Å². The van der Waals surface area contributed by atoms with E-state index in [0.29, 0.717) is 12.1 Å². The molecule has 2 aromatic carbocycles. The third kappa shape index (κ3) is 3.51. The van der Waals surface area contributed by atoms with Gasteiger partial charge in [0.1, 0.15) is 11.8 Å². The van der Waals surface area contributed by atoms with Crippen LogP contribution in [0.4, 0.5) is 5.82 Å². The van der Waals surface area contributed by atoms with Gasteiger partial charge in [-0.25, -0.2) is 4.98 Å². The summed E-state index contributed by atoms with van der Waals surface area (Å²) in [6.45, 7) is 0.418. The fourth-order valence-electron chi connectivity index (χ4n) is 2.50. The highest BCUT2D eigenvalue weighted by atomic mass is 16.5. The van der Waals surface area contributed by atoms with Gasteiger partial charge in [0.05, 0.1) is 20.0 Å². The predicted octanol–water partition coefficient (Wildman–Crippen LogP) is 3.06. The van der Waals surface area contributed by atoms with E-state index in [1.54, 1.807) is 35.9 Å². The Morgan fingerprint density at radius 1 is 1.20 bits per heavy atom. The monoisotopic (exact) mass is 332 g/mol. The normalized spacial score (nSPS) is 10.1. The van der Waals surface area contributed by atoms with Crippen molar-refractivity contribution in [2.24, 2.45) is 0 Å². The SMILES string of the molecule is COc1ccccc1Cn1cnc(NC(=O)c2ccccc2)c1C#N. The fourth-order valence-corrected chi connectivity index (χ4v) is 2.50. The molecule has 6 heteroatoms. The van der Waals surface area contributed by atoms with Crippen LogP contribution in [0, 0.1) is 11.3 Å². The largest absolute Gasteiger partial charge is 0.496 e. The Hall–Kier alpha value is -3.59. The molecule has 0 saturated heterocycles. The molecule has 25 heavy (non-hydrogen) atoms. The lowest BCUT2D eigenvalue weighted by molar-refractivity contribution is 0.102. The number of aromatic nitrogens is 2. The zero-order valence-corrected chi connectivity index (χ0v) is 13.6. The van der Waals surface area contributed by atoms with Gasteiger partial charge in [-0.1, -0.05) is 36.4 Å². The lowest BCUT2D eigenvalue weighted by Gasteiger charge is -2.09. The molecule has 0 fully saturated rings. The van der Waals surface area contributed by atoms with Gasteiger partial charge in [-0.05, 0) is 18.2 Å². The summed E-state index contributed by atoms with van der Waals surface area (Å²) in [6, 6.07) is 18.5. The summed E-state index contributed by atoms with van der Waals surface area (Å²) < 4.78 is 7.01. The van der Waals surface area contributed by atoms with E-state index in [1.165, 1.54) is 6.33 Å². The van der Waals surface area contributed by atoms with Gasteiger partial charge in [-0.15, -0.1) is 0 Å². The first-order valence-corrected chi connectivity index (χ1v) is 7.66. The number of methoxy groups -OCH3 is 1. The number of carbonyl (C=O) groups excluding carboxylic acids is 1. The Bertz CT molecular complexity index is 926. The molecule has 0 bridgehead atoms. The highest BCUT2D eigenvalue weighted by Gasteiger charge is 2.15. The van der Waals surface area contributed by atoms with E-state index in [2.05, 4.69) is 16.4 Å². The van der Waals surface area contributed by atoms with Crippen LogP contribution < -0.4 is 10.1 Å². The molecule has 3 rings (SSSR count). The van der Waals surface area contributed by atoms with Crippen molar-refractivity contribution in [3.63, 3.8) is 0 Å². The summed E-state index contributed by atoms with van der Waals surface area (Å²) in [4.78, 5) is 16.4. The number of hydrogen-bond acceptors (Lipinski definition) is 4. The maximum absolute atomic E-state index is 12.3. The van der Waals surface area contributed by atoms with Crippen LogP contribution in [0.1, 0.15) is 21.6 Å². The molecule has 6 nitrogen and oxygen atoms in total. The van der Waals surface area contributed by atoms with Gasteiger partial charge < -0.3 is 14.6 Å². The van der Waals surface area contributed by atoms with Crippen molar-refractivity contribution in [3.8, 4) is 11.8 Å². The van der Waals surface area contributed by atoms with Gasteiger partial charge in [-0.2, -0.15) is 5.26 Å². The van der Waals surface area contributed by atoms with E-state index in [0.717, 1.165) is 11.3 Å². The number of nitrogens with one attached hydrogen (secondary N) is 1. The van der Waals surface area contributed by atoms with Crippen LogP contribution >= 0.6 is 0 Å². The summed E-state index contributed by atoms with van der Waals surface area (Å²) in [5.74, 6) is 0.667. The van der Waals surface area contributed by atoms with E-state index in [9.17, 15) is 10.1 Å². The highest BCUT2D eigenvalue weighted by Crippen LogP contribution is 2.21. The van der Waals surface area contributed by atoms with Crippen LogP contribution in [0.3, 0.4) is 0 Å². The minimum Gasteiger partial charge on any atom is -0.496 e. The first kappa shape index (κ1) is 16.3. The summed E-state index contributed by atoms with van der Waals surface area (Å²) in [5.41, 5.74) is 1.71. The number of anilines is 1. The van der Waals surface area contributed by atoms with E-state index >= 15 is 0 Å². The third-order valence-corrected chi connectivity index (χ3v) is 3.74. The first-order valence-electron chi connectivity index (χ1n) is 7.66. The van der Waals surface area contributed by atoms with Crippen LogP contribution in [0.25, 0.3) is 0 Å². The van der Waals surface area contributed by atoms with Gasteiger partial charge in [0.15, 0.2) is 11.5 Å². The molecule has 0 saturated carbocycles. The van der Waals surface area contributed by atoms with Crippen molar-refractivity contribution in [1.29, 1.82) is 5.26 Å². The molecule has 1 heterocycles. The Balaban J connectivity index is 1.84. The number of hydrogen-bond donors (Lipinski definition) is 1. The Labute approximate surface area is 145 Å². The standard InChI is InChI=1S/C19H16N4O2/c1-25-17-10-6-5-9-15(17)12-23-13-21-18(16(23)11-20)22-19(24)14-7-3-2-4-8-14/h2-10,13H,12H2,1H3,(H,22,24). The number of benzene rings is 2. The highest BCUT2D eigenvalue weighted by molar-refractivity contribution is 6.04. The van der Waals surface area contributed by atoms with Gasteiger partial charge in [-0.3, -0.25) is 4.79 Å². The molecular weight excluding hydrogens is 316 g/mol. The zero-order valence-electron chi connectivity index (χ0n) is 13.6. The van der Waals surface area contributed by atoms with E-state index in [-0.39, 0.29) is 17.4 Å². The van der Waals surface area contributed by atoms with Crippen LogP contribution in [-0.4, -0.2) is 22.6 Å². The fraction of sp³-hybridized carbons (Fsp3) is 0.105. The molecule has 0 aliphatic rings. The second kappa shape index (κ2) is 7.32. The lowest BCUT2D eigenvalue weighted by Crippen LogP contribution is -2.13. The van der Waals surface area contributed by atoms with Crippen molar-refractivity contribution in [3.05, 3.63) is 77.7 Å². The van der Waals surface area contributed by atoms with Crippen molar-refractivity contribution in [1.82, 2.24) is 9.55 Å². The Morgan fingerprint density at radius 2 is 1.92 bits per heavy atom. The van der Waals surface area contributed by atoms with Crippen molar-refractivity contribution in [2.45, 2.75) is 6.54 Å². The Morgan fingerprint density at radius 3 is 2.64 bits per heavy atom. The summed E-state index contributed by atoms with van der Waals surface area (Å²) in [5, 5.41) is 12.2. The summed E-state index contributed by atoms with van der Waals surface area (Å²) in [7, 11) is 1.60. The summed E-state index contributed by atoms with van der Waals surface area (Å²) >= 11 is 0. The average molecular weight is 332 g/mol. The average Bonchev–Trinajstić information content (AvgIpc) is 3.04. The van der Waals surface area contributed by atoms with Gasteiger partial charge >= 0.3 is 0 Å². The number of carbonyl (C=O) groups is 1. The number of nitriles is 1. The van der Waals surface area contributed by atoms with Crippen LogP contribution in [0.2, 0.25) is 0 Å². The molecule has 3 aromatic rings. The number of imidazole rings is 1. The number of para-hydroxylation sites is 1. The first-order chi connectivity index (χ1) is 12.2. The van der Waals surface area contributed by atoms with E-state index in [4.69, 9.17) is 4.74 Å². The number of nitrogens with zero attached hydrogens (tertiary/aromatic N) is 3. The smallest absolute Gasteiger partial charge is 0.256 e. The second-order valence-electron chi connectivity index (χ2n) is 5.31. The van der Waals surface area contributed by atoms with Crippen molar-refractivity contribution >= 4 is 11.7 Å². The van der Waals surface area contributed by atoms with Gasteiger partial charge in [0.25, 0.3) is 5.91 Å². The minimum atomic E-state index is -0.306. The van der Waals surface area contributed by atoms with Crippen molar-refractivity contribution < 1.29 is 9.53 Å². The van der Waals surface area contributed by atoms with Crippen LogP contribution in [0.15, 0.2) is 60.9 Å². The van der Waals surface area contributed by atoms with Gasteiger partial charge in [0, 0.05) is 11.1 Å². The number of amides is 1. The minimum absolute atomic E-state index is 0.242. The predicted molar refractivity (Wildman–Crippen MR) is 93.4 cm³/mol. The molecule has 0 atom stereocenters. The second-order valence-corrected chi connectivity index (χ2v) is 5.31. The number of ether oxygens (including phenoxy) is 1. The third-order valence-electron chi connectivity index (χ3n) is 3.74. The quantitative estimate of drug-likeness (QED) is 0.779. The van der Waals surface area contributed by atoms with E-state index in [1.807, 2.05) is 30.3 Å². The molecule has 0 aliphatic carbocycles. The topological polar surface area (TPSA) is 79.9 Å². The molecular formula is C19H16N4O2. The van der Waals surface area contributed by atoms with Crippen LogP contribution in [0.5, 0.6) is 5.75 Å². The molecule has 1 N–H and O–H groups in total. The molecule has 1 amide bonds. The maximum atomic E-state index is 12.3. The molecule has 0 spiro atoms. The van der Waals surface area contributed by atoms with Crippen LogP contribution in [-0.2, 0) is 6.54 Å².